The third-order valence-corrected chi connectivity index (χ3v) is 7.77. The second kappa shape index (κ2) is 11.9. The van der Waals surface area contributed by atoms with Crippen molar-refractivity contribution in [2.45, 2.75) is 25.4 Å². The van der Waals surface area contributed by atoms with Gasteiger partial charge in [-0.2, -0.15) is 0 Å². The highest BCUT2D eigenvalue weighted by atomic mass is 35.5. The van der Waals surface area contributed by atoms with E-state index in [0.29, 0.717) is 27.7 Å². The fourth-order valence-electron chi connectivity index (χ4n) is 4.65. The van der Waals surface area contributed by atoms with E-state index in [2.05, 4.69) is 53.4 Å². The lowest BCUT2D eigenvalue weighted by molar-refractivity contribution is 0.0342. The third kappa shape index (κ3) is 6.34. The molecule has 5 heterocycles. The number of benzene rings is 1. The summed E-state index contributed by atoms with van der Waals surface area (Å²) in [7, 11) is 0. The summed E-state index contributed by atoms with van der Waals surface area (Å²) in [4.78, 5) is 13.5. The van der Waals surface area contributed by atoms with E-state index in [9.17, 15) is 4.39 Å². The van der Waals surface area contributed by atoms with Gasteiger partial charge in [-0.1, -0.05) is 29.0 Å². The Balaban J connectivity index is 1.21. The quantitative estimate of drug-likeness (QED) is 0.289. The molecule has 4 aromatic rings. The van der Waals surface area contributed by atoms with Crippen LogP contribution in [0, 0.1) is 5.82 Å². The highest BCUT2D eigenvalue weighted by Gasteiger charge is 2.18. The van der Waals surface area contributed by atoms with Gasteiger partial charge < -0.3 is 20.7 Å². The molecule has 3 N–H and O–H groups in total. The summed E-state index contributed by atoms with van der Waals surface area (Å²) in [6.45, 7) is 6.09. The molecule has 0 saturated carbocycles. The molecule has 2 aliphatic rings. The van der Waals surface area contributed by atoms with E-state index in [0.717, 1.165) is 75.0 Å². The molecule has 3 aromatic heterocycles. The van der Waals surface area contributed by atoms with Gasteiger partial charge in [0, 0.05) is 32.2 Å². The largest absolute Gasteiger partial charge is 0.379 e. The van der Waals surface area contributed by atoms with E-state index in [4.69, 9.17) is 21.3 Å². The number of nitrogens with one attached hydrogen (secondary N) is 3. The molecule has 11 nitrogen and oxygen atoms in total. The Hall–Kier alpha value is -3.23. The first-order valence-corrected chi connectivity index (χ1v) is 14.1. The van der Waals surface area contributed by atoms with Crippen molar-refractivity contribution in [3.63, 3.8) is 0 Å². The number of morpholine rings is 1. The van der Waals surface area contributed by atoms with E-state index in [1.807, 2.05) is 0 Å². The molecule has 0 unspecified atom stereocenters. The van der Waals surface area contributed by atoms with Crippen LogP contribution in [0.15, 0.2) is 36.5 Å². The number of anilines is 3. The van der Waals surface area contributed by atoms with Gasteiger partial charge in [0.05, 0.1) is 29.3 Å². The van der Waals surface area contributed by atoms with Crippen molar-refractivity contribution >= 4 is 39.7 Å². The Kier molecular flexibility index (Phi) is 7.93. The summed E-state index contributed by atoms with van der Waals surface area (Å²) in [5, 5.41) is 23.6. The average Bonchev–Trinajstić information content (AvgIpc) is 3.60. The lowest BCUT2D eigenvalue weighted by Crippen LogP contribution is -2.38. The number of hydrogen-bond donors (Lipinski definition) is 3. The van der Waals surface area contributed by atoms with E-state index >= 15 is 0 Å². The van der Waals surface area contributed by atoms with Crippen LogP contribution in [0.4, 0.5) is 21.2 Å². The van der Waals surface area contributed by atoms with Crippen LogP contribution in [0.1, 0.15) is 18.4 Å². The minimum absolute atomic E-state index is 0.0512. The Morgan fingerprint density at radius 1 is 1.21 bits per heavy atom. The maximum Gasteiger partial charge on any atom is 0.216 e. The molecule has 2 aliphatic heterocycles. The van der Waals surface area contributed by atoms with E-state index in [1.165, 1.54) is 23.5 Å². The maximum absolute atomic E-state index is 14.3. The Labute approximate surface area is 233 Å². The van der Waals surface area contributed by atoms with Gasteiger partial charge in [-0.25, -0.2) is 14.4 Å². The minimum atomic E-state index is -0.533. The standard InChI is InChI=1S/C25H28ClFN10OS/c26-18-4-1-5-19(27)23(18)37-34-24(33-35-37)20-14-29-25(39-20)32-22-12-16(15-36-7-9-38-10-8-36)11-21(31-22)30-17-3-2-6-28-13-17/h1,4-5,11-12,14,17,28H,2-3,6-10,13,15H2,(H2,29,30,31,32)/t17-/m0/s1. The Morgan fingerprint density at radius 2 is 2.08 bits per heavy atom. The van der Waals surface area contributed by atoms with E-state index in [1.54, 1.807) is 12.3 Å². The molecule has 0 bridgehead atoms. The molecule has 0 spiro atoms. The first-order valence-electron chi connectivity index (χ1n) is 12.9. The van der Waals surface area contributed by atoms with E-state index < -0.39 is 5.82 Å². The molecule has 0 aliphatic carbocycles. The van der Waals surface area contributed by atoms with Crippen LogP contribution in [-0.4, -0.2) is 80.5 Å². The molecule has 2 saturated heterocycles. The zero-order valence-electron chi connectivity index (χ0n) is 21.1. The molecule has 2 fully saturated rings. The van der Waals surface area contributed by atoms with Crippen LogP contribution in [0.3, 0.4) is 0 Å². The van der Waals surface area contributed by atoms with Gasteiger partial charge in [0.2, 0.25) is 5.82 Å². The summed E-state index contributed by atoms with van der Waals surface area (Å²) in [6, 6.07) is 8.91. The monoisotopic (exact) mass is 570 g/mol. The van der Waals surface area contributed by atoms with Gasteiger partial charge in [0.1, 0.15) is 17.3 Å². The Bertz CT molecular complexity index is 1360. The van der Waals surface area contributed by atoms with Crippen LogP contribution >= 0.6 is 22.9 Å². The molecule has 6 rings (SSSR count). The van der Waals surface area contributed by atoms with Crippen LogP contribution in [0.5, 0.6) is 0 Å². The number of thiazole rings is 1. The van der Waals surface area contributed by atoms with Crippen molar-refractivity contribution in [2.24, 2.45) is 0 Å². The second-order valence-corrected chi connectivity index (χ2v) is 10.9. The van der Waals surface area contributed by atoms with Crippen molar-refractivity contribution in [3.05, 3.63) is 52.9 Å². The smallest absolute Gasteiger partial charge is 0.216 e. The van der Waals surface area contributed by atoms with Gasteiger partial charge in [0.15, 0.2) is 10.9 Å². The van der Waals surface area contributed by atoms with Crippen molar-refractivity contribution in [3.8, 4) is 16.4 Å². The first kappa shape index (κ1) is 26.0. The van der Waals surface area contributed by atoms with Gasteiger partial charge >= 0.3 is 0 Å². The van der Waals surface area contributed by atoms with Crippen LogP contribution < -0.4 is 16.0 Å². The number of pyridine rings is 1. The first-order chi connectivity index (χ1) is 19.1. The number of piperidine rings is 1. The molecule has 1 aromatic carbocycles. The predicted molar refractivity (Wildman–Crippen MR) is 148 cm³/mol. The molecule has 0 amide bonds. The molecule has 1 atom stereocenters. The van der Waals surface area contributed by atoms with E-state index in [-0.39, 0.29) is 10.7 Å². The van der Waals surface area contributed by atoms with Gasteiger partial charge in [0.25, 0.3) is 0 Å². The highest BCUT2D eigenvalue weighted by molar-refractivity contribution is 7.18. The van der Waals surface area contributed by atoms with Crippen LogP contribution in [-0.2, 0) is 11.3 Å². The van der Waals surface area contributed by atoms with Gasteiger partial charge in [-0.3, -0.25) is 4.90 Å². The van der Waals surface area contributed by atoms with Crippen molar-refractivity contribution in [1.29, 1.82) is 0 Å². The summed E-state index contributed by atoms with van der Waals surface area (Å²) in [6.07, 6.45) is 3.90. The van der Waals surface area contributed by atoms with Crippen molar-refractivity contribution < 1.29 is 9.13 Å². The number of hydrogen-bond acceptors (Lipinski definition) is 11. The lowest BCUT2D eigenvalue weighted by atomic mass is 10.1. The normalized spacial score (nSPS) is 18.3. The second-order valence-electron chi connectivity index (χ2n) is 9.45. The van der Waals surface area contributed by atoms with Gasteiger partial charge in [-0.15, -0.1) is 15.0 Å². The fourth-order valence-corrected chi connectivity index (χ4v) is 5.64. The number of para-hydroxylation sites is 1. The maximum atomic E-state index is 14.3. The lowest BCUT2D eigenvalue weighted by Gasteiger charge is -2.27. The molecule has 14 heteroatoms. The summed E-state index contributed by atoms with van der Waals surface area (Å²) < 4.78 is 19.8. The number of halogens is 2. The number of nitrogens with zero attached hydrogens (tertiary/aromatic N) is 7. The SMILES string of the molecule is Fc1cccc(Cl)c1-n1nnc(-c2cnc(Nc3cc(CN4CCOCC4)cc(N[C@H]4CCCNC4)n3)s2)n1. The molecular formula is C25H28ClFN10OS. The van der Waals surface area contributed by atoms with Crippen LogP contribution in [0.25, 0.3) is 16.4 Å². The summed E-state index contributed by atoms with van der Waals surface area (Å²) in [5.41, 5.74) is 1.21. The van der Waals surface area contributed by atoms with Crippen molar-refractivity contribution in [2.75, 3.05) is 50.0 Å². The third-order valence-electron chi connectivity index (χ3n) is 6.56. The Morgan fingerprint density at radius 3 is 2.90 bits per heavy atom. The fraction of sp³-hybridized carbons (Fsp3) is 0.400. The summed E-state index contributed by atoms with van der Waals surface area (Å²) >= 11 is 7.51. The molecule has 0 radical (unpaired) electrons. The van der Waals surface area contributed by atoms with Crippen LogP contribution in [0.2, 0.25) is 5.02 Å². The zero-order chi connectivity index (χ0) is 26.6. The number of tetrazole rings is 1. The number of ether oxygens (including phenoxy) is 1. The average molecular weight is 571 g/mol. The topological polar surface area (TPSA) is 118 Å². The molecule has 39 heavy (non-hydrogen) atoms. The predicted octanol–water partition coefficient (Wildman–Crippen LogP) is 3.71. The molecular weight excluding hydrogens is 543 g/mol. The van der Waals surface area contributed by atoms with Crippen molar-refractivity contribution in [1.82, 2.24) is 40.4 Å². The van der Waals surface area contributed by atoms with Gasteiger partial charge in [-0.05, 0) is 54.4 Å². The number of aromatic nitrogens is 6. The summed E-state index contributed by atoms with van der Waals surface area (Å²) in [5.74, 6) is 1.32. The molecule has 204 valence electrons. The highest BCUT2D eigenvalue weighted by Crippen LogP contribution is 2.30. The minimum Gasteiger partial charge on any atom is -0.379 e. The zero-order valence-corrected chi connectivity index (χ0v) is 22.7. The number of rotatable bonds is 8.